The SMILES string of the molecule is COc1ccc(CCC(C)NC(=O)c2c[nH]c3ccccc3c2=O)cc1. The minimum absolute atomic E-state index is 0.0459. The van der Waals surface area contributed by atoms with Crippen LogP contribution in [0.1, 0.15) is 29.3 Å². The van der Waals surface area contributed by atoms with Crippen LogP contribution in [0, 0.1) is 0 Å². The number of H-pyrrole nitrogens is 1. The zero-order valence-corrected chi connectivity index (χ0v) is 14.9. The maximum atomic E-state index is 12.5. The van der Waals surface area contributed by atoms with E-state index in [1.165, 1.54) is 11.8 Å². The third-order valence-electron chi connectivity index (χ3n) is 4.44. The molecule has 3 rings (SSSR count). The van der Waals surface area contributed by atoms with Gasteiger partial charge in [0.15, 0.2) is 0 Å². The largest absolute Gasteiger partial charge is 0.497 e. The van der Waals surface area contributed by atoms with Gasteiger partial charge in [-0.15, -0.1) is 0 Å². The number of para-hydroxylation sites is 1. The Balaban J connectivity index is 1.63. The van der Waals surface area contributed by atoms with Gasteiger partial charge in [0.1, 0.15) is 11.3 Å². The van der Waals surface area contributed by atoms with Crippen LogP contribution in [0.4, 0.5) is 0 Å². The van der Waals surface area contributed by atoms with Crippen molar-refractivity contribution in [2.75, 3.05) is 7.11 Å². The highest BCUT2D eigenvalue weighted by Gasteiger charge is 2.15. The number of aromatic nitrogens is 1. The van der Waals surface area contributed by atoms with Gasteiger partial charge < -0.3 is 15.0 Å². The van der Waals surface area contributed by atoms with E-state index in [0.717, 1.165) is 24.1 Å². The van der Waals surface area contributed by atoms with E-state index >= 15 is 0 Å². The van der Waals surface area contributed by atoms with Crippen molar-refractivity contribution in [2.45, 2.75) is 25.8 Å². The first-order valence-electron chi connectivity index (χ1n) is 8.62. The van der Waals surface area contributed by atoms with Crippen molar-refractivity contribution in [3.63, 3.8) is 0 Å². The third-order valence-corrected chi connectivity index (χ3v) is 4.44. The third kappa shape index (κ3) is 3.94. The molecule has 0 fully saturated rings. The molecular formula is C21H22N2O3. The number of carbonyl (C=O) groups is 1. The van der Waals surface area contributed by atoms with Crippen LogP contribution in [0.2, 0.25) is 0 Å². The van der Waals surface area contributed by atoms with Gasteiger partial charge in [-0.05, 0) is 49.6 Å². The number of rotatable bonds is 6. The van der Waals surface area contributed by atoms with Gasteiger partial charge in [-0.1, -0.05) is 24.3 Å². The molecule has 2 aromatic carbocycles. The van der Waals surface area contributed by atoms with E-state index < -0.39 is 0 Å². The monoisotopic (exact) mass is 350 g/mol. The summed E-state index contributed by atoms with van der Waals surface area (Å²) in [6.45, 7) is 1.94. The number of aryl methyl sites for hydroxylation is 1. The average molecular weight is 350 g/mol. The number of aromatic amines is 1. The first-order valence-corrected chi connectivity index (χ1v) is 8.62. The van der Waals surface area contributed by atoms with E-state index in [0.29, 0.717) is 5.39 Å². The molecule has 0 aliphatic heterocycles. The highest BCUT2D eigenvalue weighted by molar-refractivity contribution is 5.97. The predicted molar refractivity (Wildman–Crippen MR) is 103 cm³/mol. The van der Waals surface area contributed by atoms with Crippen LogP contribution in [0.15, 0.2) is 59.5 Å². The van der Waals surface area contributed by atoms with Gasteiger partial charge >= 0.3 is 0 Å². The second-order valence-electron chi connectivity index (χ2n) is 6.34. The van der Waals surface area contributed by atoms with Gasteiger partial charge in [-0.3, -0.25) is 9.59 Å². The van der Waals surface area contributed by atoms with Crippen LogP contribution >= 0.6 is 0 Å². The Morgan fingerprint density at radius 2 is 1.88 bits per heavy atom. The fraction of sp³-hybridized carbons (Fsp3) is 0.238. The normalized spacial score (nSPS) is 11.9. The van der Waals surface area contributed by atoms with E-state index in [1.54, 1.807) is 19.2 Å². The van der Waals surface area contributed by atoms with Crippen molar-refractivity contribution < 1.29 is 9.53 Å². The summed E-state index contributed by atoms with van der Waals surface area (Å²) in [7, 11) is 1.64. The van der Waals surface area contributed by atoms with Crippen molar-refractivity contribution in [3.05, 3.63) is 76.1 Å². The minimum Gasteiger partial charge on any atom is -0.497 e. The zero-order chi connectivity index (χ0) is 18.5. The summed E-state index contributed by atoms with van der Waals surface area (Å²) in [6.07, 6.45) is 3.10. The molecule has 2 N–H and O–H groups in total. The Hall–Kier alpha value is -3.08. The van der Waals surface area contributed by atoms with E-state index in [1.807, 2.05) is 43.3 Å². The lowest BCUT2D eigenvalue weighted by atomic mass is 10.1. The van der Waals surface area contributed by atoms with Gasteiger partial charge in [0.05, 0.1) is 7.11 Å². The molecular weight excluding hydrogens is 328 g/mol. The predicted octanol–water partition coefficient (Wildman–Crippen LogP) is 3.29. The number of hydrogen-bond acceptors (Lipinski definition) is 3. The summed E-state index contributed by atoms with van der Waals surface area (Å²) in [5.74, 6) is 0.477. The highest BCUT2D eigenvalue weighted by Crippen LogP contribution is 2.13. The number of carbonyl (C=O) groups excluding carboxylic acids is 1. The van der Waals surface area contributed by atoms with Crippen molar-refractivity contribution in [3.8, 4) is 5.75 Å². The first kappa shape index (κ1) is 17.7. The van der Waals surface area contributed by atoms with Gasteiger partial charge in [0, 0.05) is 23.1 Å². The molecule has 0 bridgehead atoms. The number of hydrogen-bond donors (Lipinski definition) is 2. The van der Waals surface area contributed by atoms with Crippen LogP contribution < -0.4 is 15.5 Å². The van der Waals surface area contributed by atoms with E-state index in [4.69, 9.17) is 4.74 Å². The van der Waals surface area contributed by atoms with Crippen LogP contribution in [0.5, 0.6) is 5.75 Å². The van der Waals surface area contributed by atoms with Crippen molar-refractivity contribution in [1.29, 1.82) is 0 Å². The molecule has 0 aliphatic rings. The van der Waals surface area contributed by atoms with Crippen molar-refractivity contribution >= 4 is 16.8 Å². The van der Waals surface area contributed by atoms with Crippen LogP contribution in [0.3, 0.4) is 0 Å². The smallest absolute Gasteiger partial charge is 0.256 e. The molecule has 1 heterocycles. The number of nitrogens with one attached hydrogen (secondary N) is 2. The molecule has 26 heavy (non-hydrogen) atoms. The molecule has 1 atom stereocenters. The molecule has 0 aliphatic carbocycles. The topological polar surface area (TPSA) is 71.2 Å². The molecule has 1 unspecified atom stereocenters. The Bertz CT molecular complexity index is 961. The quantitative estimate of drug-likeness (QED) is 0.717. The molecule has 3 aromatic rings. The molecule has 134 valence electrons. The number of methoxy groups -OCH3 is 1. The van der Waals surface area contributed by atoms with Crippen LogP contribution in [0.25, 0.3) is 10.9 Å². The fourth-order valence-corrected chi connectivity index (χ4v) is 2.89. The number of fused-ring (bicyclic) bond motifs is 1. The molecule has 0 radical (unpaired) electrons. The van der Waals surface area contributed by atoms with Crippen molar-refractivity contribution in [1.82, 2.24) is 10.3 Å². The Labute approximate surface area is 152 Å². The maximum Gasteiger partial charge on any atom is 0.256 e. The van der Waals surface area contributed by atoms with Gasteiger partial charge in [0.25, 0.3) is 5.91 Å². The Kier molecular flexibility index (Phi) is 5.37. The summed E-state index contributed by atoms with van der Waals surface area (Å²) >= 11 is 0. The van der Waals surface area contributed by atoms with Gasteiger partial charge in [0.2, 0.25) is 5.43 Å². The van der Waals surface area contributed by atoms with Crippen LogP contribution in [-0.2, 0) is 6.42 Å². The molecule has 1 aromatic heterocycles. The standard InChI is InChI=1S/C21H22N2O3/c1-14(7-8-15-9-11-16(26-2)12-10-15)23-21(25)18-13-22-19-6-4-3-5-17(19)20(18)24/h3-6,9-14H,7-8H2,1-2H3,(H,22,24)(H,23,25). The second kappa shape index (κ2) is 7.87. The van der Waals surface area contributed by atoms with E-state index in [-0.39, 0.29) is 22.9 Å². The Morgan fingerprint density at radius 3 is 2.62 bits per heavy atom. The maximum absolute atomic E-state index is 12.5. The lowest BCUT2D eigenvalue weighted by Crippen LogP contribution is -2.35. The van der Waals surface area contributed by atoms with Gasteiger partial charge in [-0.25, -0.2) is 0 Å². The number of benzene rings is 2. The number of amides is 1. The number of ether oxygens (including phenoxy) is 1. The summed E-state index contributed by atoms with van der Waals surface area (Å²) < 4.78 is 5.15. The summed E-state index contributed by atoms with van der Waals surface area (Å²) in [5, 5.41) is 3.43. The number of pyridine rings is 1. The summed E-state index contributed by atoms with van der Waals surface area (Å²) in [6, 6.07) is 15.0. The summed E-state index contributed by atoms with van der Waals surface area (Å²) in [4.78, 5) is 28.0. The fourth-order valence-electron chi connectivity index (χ4n) is 2.89. The lowest BCUT2D eigenvalue weighted by molar-refractivity contribution is 0.0937. The second-order valence-corrected chi connectivity index (χ2v) is 6.34. The summed E-state index contributed by atoms with van der Waals surface area (Å²) in [5.41, 5.74) is 1.79. The lowest BCUT2D eigenvalue weighted by Gasteiger charge is -2.14. The molecule has 0 spiro atoms. The van der Waals surface area contributed by atoms with E-state index in [2.05, 4.69) is 10.3 Å². The minimum atomic E-state index is -0.348. The highest BCUT2D eigenvalue weighted by atomic mass is 16.5. The van der Waals surface area contributed by atoms with Crippen molar-refractivity contribution in [2.24, 2.45) is 0 Å². The molecule has 5 heteroatoms. The molecule has 1 amide bonds. The van der Waals surface area contributed by atoms with Gasteiger partial charge in [-0.2, -0.15) is 0 Å². The molecule has 5 nitrogen and oxygen atoms in total. The Morgan fingerprint density at radius 1 is 1.15 bits per heavy atom. The average Bonchev–Trinajstić information content (AvgIpc) is 2.67. The van der Waals surface area contributed by atoms with E-state index in [9.17, 15) is 9.59 Å². The first-order chi connectivity index (χ1) is 12.6. The molecule has 0 saturated heterocycles. The molecule has 0 saturated carbocycles. The van der Waals surface area contributed by atoms with Crippen LogP contribution in [-0.4, -0.2) is 24.0 Å². The zero-order valence-electron chi connectivity index (χ0n) is 14.9.